The number of alkyl halides is 3. The molecule has 1 aromatic carbocycles. The van der Waals surface area contributed by atoms with E-state index in [4.69, 9.17) is 4.74 Å². The van der Waals surface area contributed by atoms with Crippen molar-refractivity contribution in [1.29, 1.82) is 0 Å². The summed E-state index contributed by atoms with van der Waals surface area (Å²) in [6.45, 7) is 4.00. The lowest BCUT2D eigenvalue weighted by molar-refractivity contribution is -0.137. The summed E-state index contributed by atoms with van der Waals surface area (Å²) in [5, 5.41) is 0. The zero-order valence-electron chi connectivity index (χ0n) is 11.8. The molecule has 2 nitrogen and oxygen atoms in total. The van der Waals surface area contributed by atoms with Gasteiger partial charge in [-0.3, -0.25) is 0 Å². The van der Waals surface area contributed by atoms with Crippen molar-refractivity contribution in [3.8, 4) is 5.75 Å². The van der Waals surface area contributed by atoms with Crippen LogP contribution in [0.5, 0.6) is 5.75 Å². The highest BCUT2D eigenvalue weighted by Crippen LogP contribution is 2.32. The molecule has 0 aromatic heterocycles. The predicted molar refractivity (Wildman–Crippen MR) is 71.8 cm³/mol. The number of likely N-dealkylation sites (tertiary alicyclic amines) is 1. The molecule has 2 unspecified atom stereocenters. The molecule has 1 aliphatic heterocycles. The molecule has 1 aliphatic rings. The minimum Gasteiger partial charge on any atom is -0.490 e. The van der Waals surface area contributed by atoms with E-state index in [1.807, 2.05) is 0 Å². The first-order valence-electron chi connectivity index (χ1n) is 6.88. The van der Waals surface area contributed by atoms with Crippen LogP contribution in [0.1, 0.15) is 25.3 Å². The molecule has 5 heteroatoms. The Balaban J connectivity index is 2.09. The molecule has 0 aliphatic carbocycles. The van der Waals surface area contributed by atoms with Gasteiger partial charge in [0.1, 0.15) is 11.9 Å². The van der Waals surface area contributed by atoms with Crippen molar-refractivity contribution in [2.24, 2.45) is 5.92 Å². The maximum Gasteiger partial charge on any atom is 0.416 e. The third-order valence-electron chi connectivity index (χ3n) is 3.71. The Labute approximate surface area is 117 Å². The van der Waals surface area contributed by atoms with Gasteiger partial charge >= 0.3 is 6.18 Å². The standard InChI is InChI=1S/C15H20F3NO/c1-11-10-19(2)8-4-7-14(11)20-13-6-3-5-12(9-13)15(16,17)18/h3,5-6,9,11,14H,4,7-8,10H2,1-2H3. The molecule has 0 radical (unpaired) electrons. The van der Waals surface area contributed by atoms with Gasteiger partial charge in [0, 0.05) is 12.5 Å². The maximum atomic E-state index is 12.7. The van der Waals surface area contributed by atoms with Gasteiger partial charge in [-0.1, -0.05) is 13.0 Å². The van der Waals surface area contributed by atoms with Crippen LogP contribution in [0, 0.1) is 5.92 Å². The minimum absolute atomic E-state index is 0.0246. The Morgan fingerprint density at radius 1 is 1.30 bits per heavy atom. The van der Waals surface area contributed by atoms with E-state index in [1.165, 1.54) is 6.07 Å². The monoisotopic (exact) mass is 287 g/mol. The highest BCUT2D eigenvalue weighted by Gasteiger charge is 2.31. The molecule has 0 saturated carbocycles. The van der Waals surface area contributed by atoms with E-state index in [2.05, 4.69) is 18.9 Å². The Hall–Kier alpha value is -1.23. The highest BCUT2D eigenvalue weighted by atomic mass is 19.4. The molecule has 1 fully saturated rings. The summed E-state index contributed by atoms with van der Waals surface area (Å²) < 4.78 is 43.8. The number of benzene rings is 1. The minimum atomic E-state index is -4.32. The summed E-state index contributed by atoms with van der Waals surface area (Å²) in [7, 11) is 2.06. The quantitative estimate of drug-likeness (QED) is 0.820. The summed E-state index contributed by atoms with van der Waals surface area (Å²) in [5.74, 6) is 0.610. The van der Waals surface area contributed by atoms with Gasteiger partial charge in [-0.2, -0.15) is 13.2 Å². The molecular formula is C15H20F3NO. The fraction of sp³-hybridized carbons (Fsp3) is 0.600. The Morgan fingerprint density at radius 3 is 2.75 bits per heavy atom. The number of hydrogen-bond acceptors (Lipinski definition) is 2. The van der Waals surface area contributed by atoms with Crippen molar-refractivity contribution in [3.63, 3.8) is 0 Å². The molecule has 0 N–H and O–H groups in total. The second-order valence-corrected chi connectivity index (χ2v) is 5.56. The van der Waals surface area contributed by atoms with E-state index in [9.17, 15) is 13.2 Å². The van der Waals surface area contributed by atoms with Crippen molar-refractivity contribution in [3.05, 3.63) is 29.8 Å². The number of hydrogen-bond donors (Lipinski definition) is 0. The lowest BCUT2D eigenvalue weighted by atomic mass is 10.0. The van der Waals surface area contributed by atoms with Crippen molar-refractivity contribution in [1.82, 2.24) is 4.90 Å². The van der Waals surface area contributed by atoms with Gasteiger partial charge in [-0.15, -0.1) is 0 Å². The van der Waals surface area contributed by atoms with Crippen LogP contribution in [0.2, 0.25) is 0 Å². The van der Waals surface area contributed by atoms with Gasteiger partial charge in [-0.05, 0) is 44.6 Å². The summed E-state index contributed by atoms with van der Waals surface area (Å²) in [4.78, 5) is 2.24. The average molecular weight is 287 g/mol. The second-order valence-electron chi connectivity index (χ2n) is 5.56. The maximum absolute atomic E-state index is 12.7. The van der Waals surface area contributed by atoms with Gasteiger partial charge in [-0.25, -0.2) is 0 Å². The fourth-order valence-corrected chi connectivity index (χ4v) is 2.64. The van der Waals surface area contributed by atoms with Gasteiger partial charge < -0.3 is 9.64 Å². The third kappa shape index (κ3) is 3.88. The lowest BCUT2D eigenvalue weighted by Crippen LogP contribution is -2.30. The van der Waals surface area contributed by atoms with Crippen LogP contribution in [0.15, 0.2) is 24.3 Å². The van der Waals surface area contributed by atoms with E-state index in [1.54, 1.807) is 6.07 Å². The molecule has 20 heavy (non-hydrogen) atoms. The molecule has 2 rings (SSSR count). The molecular weight excluding hydrogens is 267 g/mol. The Bertz CT molecular complexity index is 447. The largest absolute Gasteiger partial charge is 0.490 e. The first-order chi connectivity index (χ1) is 9.36. The SMILES string of the molecule is CC1CN(C)CCCC1Oc1cccc(C(F)(F)F)c1. The molecule has 2 atom stereocenters. The zero-order valence-corrected chi connectivity index (χ0v) is 11.8. The van der Waals surface area contributed by atoms with Crippen LogP contribution in [0.3, 0.4) is 0 Å². The molecule has 0 spiro atoms. The Morgan fingerprint density at radius 2 is 2.05 bits per heavy atom. The molecule has 0 bridgehead atoms. The van der Waals surface area contributed by atoms with E-state index in [0.717, 1.165) is 38.1 Å². The van der Waals surface area contributed by atoms with Gasteiger partial charge in [0.2, 0.25) is 0 Å². The van der Waals surface area contributed by atoms with Crippen molar-refractivity contribution in [2.45, 2.75) is 32.0 Å². The first kappa shape index (κ1) is 15.2. The van der Waals surface area contributed by atoms with E-state index >= 15 is 0 Å². The fourth-order valence-electron chi connectivity index (χ4n) is 2.64. The van der Waals surface area contributed by atoms with Gasteiger partial charge in [0.25, 0.3) is 0 Å². The van der Waals surface area contributed by atoms with Crippen LogP contribution in [0.4, 0.5) is 13.2 Å². The van der Waals surface area contributed by atoms with E-state index < -0.39 is 11.7 Å². The highest BCUT2D eigenvalue weighted by molar-refractivity contribution is 5.30. The summed E-state index contributed by atoms with van der Waals surface area (Å²) in [6.07, 6.45) is -2.47. The zero-order chi connectivity index (χ0) is 14.8. The number of halogens is 3. The number of rotatable bonds is 2. The van der Waals surface area contributed by atoms with Crippen LogP contribution >= 0.6 is 0 Å². The molecule has 0 amide bonds. The van der Waals surface area contributed by atoms with E-state index in [0.29, 0.717) is 11.7 Å². The Kier molecular flexibility index (Phi) is 4.58. The topological polar surface area (TPSA) is 12.5 Å². The first-order valence-corrected chi connectivity index (χ1v) is 6.88. The predicted octanol–water partition coefficient (Wildman–Crippen LogP) is 3.81. The lowest BCUT2D eigenvalue weighted by Gasteiger charge is -2.24. The third-order valence-corrected chi connectivity index (χ3v) is 3.71. The summed E-state index contributed by atoms with van der Waals surface area (Å²) in [5.41, 5.74) is -0.659. The van der Waals surface area contributed by atoms with Crippen LogP contribution in [-0.2, 0) is 6.18 Å². The normalized spacial score (nSPS) is 25.2. The second kappa shape index (κ2) is 6.04. The van der Waals surface area contributed by atoms with Gasteiger partial charge in [0.05, 0.1) is 5.56 Å². The number of ether oxygens (including phenoxy) is 1. The number of nitrogens with zero attached hydrogens (tertiary/aromatic N) is 1. The van der Waals surface area contributed by atoms with Crippen LogP contribution in [0.25, 0.3) is 0 Å². The summed E-state index contributed by atoms with van der Waals surface area (Å²) >= 11 is 0. The van der Waals surface area contributed by atoms with Crippen molar-refractivity contribution < 1.29 is 17.9 Å². The smallest absolute Gasteiger partial charge is 0.416 e. The molecule has 1 saturated heterocycles. The van der Waals surface area contributed by atoms with Crippen LogP contribution in [-0.4, -0.2) is 31.1 Å². The van der Waals surface area contributed by atoms with E-state index in [-0.39, 0.29) is 6.10 Å². The average Bonchev–Trinajstić information content (AvgIpc) is 2.51. The van der Waals surface area contributed by atoms with Crippen molar-refractivity contribution in [2.75, 3.05) is 20.1 Å². The van der Waals surface area contributed by atoms with Crippen LogP contribution < -0.4 is 4.74 Å². The molecule has 1 heterocycles. The van der Waals surface area contributed by atoms with Gasteiger partial charge in [0.15, 0.2) is 0 Å². The molecule has 1 aromatic rings. The summed E-state index contributed by atoms with van der Waals surface area (Å²) in [6, 6.07) is 5.14. The molecule has 112 valence electrons. The van der Waals surface area contributed by atoms with Crippen molar-refractivity contribution >= 4 is 0 Å².